The molecule has 18 heavy (non-hydrogen) atoms. The van der Waals surface area contributed by atoms with Crippen molar-refractivity contribution in [2.24, 2.45) is 5.92 Å². The van der Waals surface area contributed by atoms with E-state index in [1.165, 1.54) is 11.1 Å². The van der Waals surface area contributed by atoms with E-state index in [-0.39, 0.29) is 0 Å². The molecule has 0 N–H and O–H groups in total. The zero-order valence-electron chi connectivity index (χ0n) is 11.0. The lowest BCUT2D eigenvalue weighted by Gasteiger charge is -2.09. The van der Waals surface area contributed by atoms with Gasteiger partial charge in [-0.05, 0) is 29.2 Å². The fraction of sp³-hybridized carbons (Fsp3) is 0.235. The van der Waals surface area contributed by atoms with Gasteiger partial charge in [-0.25, -0.2) is 0 Å². The van der Waals surface area contributed by atoms with E-state index < -0.39 is 0 Å². The summed E-state index contributed by atoms with van der Waals surface area (Å²) in [6.45, 7) is 5.07. The van der Waals surface area contributed by atoms with E-state index in [2.05, 4.69) is 44.5 Å². The molecule has 0 aromatic heterocycles. The Morgan fingerprint density at radius 1 is 0.889 bits per heavy atom. The van der Waals surface area contributed by atoms with Crippen LogP contribution < -0.4 is 4.74 Å². The van der Waals surface area contributed by atoms with Crippen molar-refractivity contribution < 1.29 is 4.74 Å². The lowest BCUT2D eigenvalue weighted by atomic mass is 10.1. The van der Waals surface area contributed by atoms with Crippen LogP contribution in [0.1, 0.15) is 25.0 Å². The van der Waals surface area contributed by atoms with Gasteiger partial charge in [-0.3, -0.25) is 0 Å². The Hall–Kier alpha value is -1.76. The van der Waals surface area contributed by atoms with Gasteiger partial charge in [-0.1, -0.05) is 56.3 Å². The lowest BCUT2D eigenvalue weighted by molar-refractivity contribution is 0.271. The van der Waals surface area contributed by atoms with Crippen molar-refractivity contribution in [2.75, 3.05) is 6.61 Å². The van der Waals surface area contributed by atoms with Gasteiger partial charge >= 0.3 is 0 Å². The Morgan fingerprint density at radius 2 is 1.50 bits per heavy atom. The summed E-state index contributed by atoms with van der Waals surface area (Å²) < 4.78 is 5.66. The second-order valence-electron chi connectivity index (χ2n) is 4.83. The fourth-order valence-corrected chi connectivity index (χ4v) is 1.66. The second-order valence-corrected chi connectivity index (χ2v) is 4.83. The highest BCUT2D eigenvalue weighted by molar-refractivity contribution is 5.39. The molecular weight excluding hydrogens is 220 g/mol. The summed E-state index contributed by atoms with van der Waals surface area (Å²) in [6, 6.07) is 18.5. The molecule has 0 fully saturated rings. The normalized spacial score (nSPS) is 10.6. The minimum absolute atomic E-state index is 0.556. The molecule has 1 heteroatoms. The molecule has 0 saturated carbocycles. The van der Waals surface area contributed by atoms with Crippen molar-refractivity contribution >= 4 is 0 Å². The summed E-state index contributed by atoms with van der Waals surface area (Å²) in [5.41, 5.74) is 2.41. The highest BCUT2D eigenvalue weighted by Crippen LogP contribution is 2.17. The van der Waals surface area contributed by atoms with Gasteiger partial charge in [0.15, 0.2) is 0 Å². The summed E-state index contributed by atoms with van der Waals surface area (Å²) in [7, 11) is 0. The van der Waals surface area contributed by atoms with Gasteiger partial charge in [0.2, 0.25) is 0 Å². The predicted molar refractivity (Wildman–Crippen MR) is 75.7 cm³/mol. The maximum absolute atomic E-state index is 5.66. The van der Waals surface area contributed by atoms with E-state index >= 15 is 0 Å². The molecule has 0 bridgehead atoms. The molecule has 0 aliphatic heterocycles. The largest absolute Gasteiger partial charge is 0.493 e. The first-order valence-corrected chi connectivity index (χ1v) is 6.37. The van der Waals surface area contributed by atoms with Gasteiger partial charge in [-0.2, -0.15) is 0 Å². The highest BCUT2D eigenvalue weighted by Gasteiger charge is 1.99. The Kier molecular flexibility index (Phi) is 4.40. The van der Waals surface area contributed by atoms with E-state index in [1.807, 2.05) is 30.3 Å². The average Bonchev–Trinajstić information content (AvgIpc) is 2.39. The third kappa shape index (κ3) is 3.92. The lowest BCUT2D eigenvalue weighted by Crippen LogP contribution is -2.04. The zero-order valence-corrected chi connectivity index (χ0v) is 11.0. The quantitative estimate of drug-likeness (QED) is 0.755. The Morgan fingerprint density at radius 3 is 2.11 bits per heavy atom. The number of benzene rings is 2. The van der Waals surface area contributed by atoms with Crippen molar-refractivity contribution in [1.82, 2.24) is 0 Å². The number of rotatable bonds is 5. The van der Waals surface area contributed by atoms with Gasteiger partial charge in [0, 0.05) is 6.42 Å². The van der Waals surface area contributed by atoms with Crippen molar-refractivity contribution in [3.63, 3.8) is 0 Å². The van der Waals surface area contributed by atoms with E-state index in [1.54, 1.807) is 0 Å². The second kappa shape index (κ2) is 6.25. The Bertz CT molecular complexity index is 457. The summed E-state index contributed by atoms with van der Waals surface area (Å²) in [4.78, 5) is 0. The molecule has 1 radical (unpaired) electrons. The molecule has 2 rings (SSSR count). The van der Waals surface area contributed by atoms with Crippen LogP contribution in [0.3, 0.4) is 0 Å². The standard InChI is InChI=1S/C17H19O/c1-14(2)13-18-17-10-8-16(9-11-17)12-15-6-4-3-5-7-15/h3-12,14H,13H2,1-2H3. The molecule has 2 aromatic rings. The van der Waals surface area contributed by atoms with Gasteiger partial charge in [-0.15, -0.1) is 0 Å². The fourth-order valence-electron chi connectivity index (χ4n) is 1.66. The third-order valence-corrected chi connectivity index (χ3v) is 2.60. The van der Waals surface area contributed by atoms with E-state index in [0.29, 0.717) is 5.92 Å². The van der Waals surface area contributed by atoms with Gasteiger partial charge in [0.1, 0.15) is 5.75 Å². The van der Waals surface area contributed by atoms with Crippen LogP contribution in [0, 0.1) is 12.3 Å². The van der Waals surface area contributed by atoms with Crippen LogP contribution in [0.4, 0.5) is 0 Å². The van der Waals surface area contributed by atoms with Crippen LogP contribution in [0.25, 0.3) is 0 Å². The summed E-state index contributed by atoms with van der Waals surface area (Å²) in [5, 5.41) is 0. The number of hydrogen-bond donors (Lipinski definition) is 0. The molecular formula is C17H19O. The molecule has 0 spiro atoms. The van der Waals surface area contributed by atoms with E-state index in [9.17, 15) is 0 Å². The molecule has 0 aliphatic rings. The Labute approximate surface area is 109 Å². The SMILES string of the molecule is CC(C)COc1ccc([CH]c2ccccc2)cc1. The number of ether oxygens (including phenoxy) is 1. The van der Waals surface area contributed by atoms with Gasteiger partial charge in [0.05, 0.1) is 6.61 Å². The minimum Gasteiger partial charge on any atom is -0.493 e. The molecule has 0 heterocycles. The van der Waals surface area contributed by atoms with E-state index in [0.717, 1.165) is 12.4 Å². The van der Waals surface area contributed by atoms with Gasteiger partial charge < -0.3 is 4.74 Å². The highest BCUT2D eigenvalue weighted by atomic mass is 16.5. The molecule has 0 atom stereocenters. The van der Waals surface area contributed by atoms with Crippen LogP contribution in [-0.4, -0.2) is 6.61 Å². The first-order chi connectivity index (χ1) is 8.74. The predicted octanol–water partition coefficient (Wildman–Crippen LogP) is 4.32. The maximum atomic E-state index is 5.66. The van der Waals surface area contributed by atoms with Crippen molar-refractivity contribution in [3.8, 4) is 5.75 Å². The van der Waals surface area contributed by atoms with Crippen LogP contribution >= 0.6 is 0 Å². The smallest absolute Gasteiger partial charge is 0.119 e. The molecule has 0 saturated heterocycles. The maximum Gasteiger partial charge on any atom is 0.119 e. The summed E-state index contributed by atoms with van der Waals surface area (Å²) in [6.07, 6.45) is 2.16. The van der Waals surface area contributed by atoms with Crippen LogP contribution in [-0.2, 0) is 0 Å². The van der Waals surface area contributed by atoms with Crippen molar-refractivity contribution in [1.29, 1.82) is 0 Å². The Balaban J connectivity index is 1.95. The molecule has 2 aromatic carbocycles. The average molecular weight is 239 g/mol. The minimum atomic E-state index is 0.556. The van der Waals surface area contributed by atoms with Crippen LogP contribution in [0.2, 0.25) is 0 Å². The zero-order chi connectivity index (χ0) is 12.8. The number of hydrogen-bond acceptors (Lipinski definition) is 1. The van der Waals surface area contributed by atoms with Crippen LogP contribution in [0.15, 0.2) is 54.6 Å². The van der Waals surface area contributed by atoms with Crippen molar-refractivity contribution in [3.05, 3.63) is 72.1 Å². The molecule has 1 nitrogen and oxygen atoms in total. The van der Waals surface area contributed by atoms with Crippen molar-refractivity contribution in [2.45, 2.75) is 13.8 Å². The summed E-state index contributed by atoms with van der Waals surface area (Å²) in [5.74, 6) is 1.49. The topological polar surface area (TPSA) is 9.23 Å². The molecule has 0 amide bonds. The molecule has 0 aliphatic carbocycles. The first-order valence-electron chi connectivity index (χ1n) is 6.37. The first kappa shape index (κ1) is 12.7. The van der Waals surface area contributed by atoms with Crippen LogP contribution in [0.5, 0.6) is 5.75 Å². The molecule has 0 unspecified atom stereocenters. The monoisotopic (exact) mass is 239 g/mol. The van der Waals surface area contributed by atoms with E-state index in [4.69, 9.17) is 4.74 Å². The summed E-state index contributed by atoms with van der Waals surface area (Å²) >= 11 is 0. The van der Waals surface area contributed by atoms with Gasteiger partial charge in [0.25, 0.3) is 0 Å². The molecule has 93 valence electrons. The third-order valence-electron chi connectivity index (χ3n) is 2.60.